The highest BCUT2D eigenvalue weighted by atomic mass is 16.3. The predicted molar refractivity (Wildman–Crippen MR) is 94.3 cm³/mol. The first-order valence-corrected chi connectivity index (χ1v) is 9.64. The second-order valence-electron chi connectivity index (χ2n) is 9.37. The highest BCUT2D eigenvalue weighted by molar-refractivity contribution is 5.33. The summed E-state index contributed by atoms with van der Waals surface area (Å²) in [6.07, 6.45) is 9.78. The molecule has 0 bridgehead atoms. The van der Waals surface area contributed by atoms with Gasteiger partial charge in [-0.05, 0) is 67.3 Å². The average Bonchev–Trinajstić information content (AvgIpc) is 2.86. The van der Waals surface area contributed by atoms with Crippen molar-refractivity contribution in [3.63, 3.8) is 0 Å². The molecule has 4 aliphatic carbocycles. The molecule has 0 radical (unpaired) electrons. The van der Waals surface area contributed by atoms with Gasteiger partial charge in [0.25, 0.3) is 0 Å². The van der Waals surface area contributed by atoms with E-state index in [2.05, 4.69) is 19.8 Å². The van der Waals surface area contributed by atoms with Crippen LogP contribution in [0.25, 0.3) is 0 Å². The Balaban J connectivity index is 1.77. The summed E-state index contributed by atoms with van der Waals surface area (Å²) in [6.45, 7) is 4.27. The zero-order valence-electron chi connectivity index (χ0n) is 15.2. The van der Waals surface area contributed by atoms with Gasteiger partial charge in [-0.15, -0.1) is 6.42 Å². The fourth-order valence-electron chi connectivity index (χ4n) is 6.95. The van der Waals surface area contributed by atoms with Crippen LogP contribution in [-0.2, 0) is 0 Å². The van der Waals surface area contributed by atoms with Gasteiger partial charge < -0.3 is 20.4 Å². The van der Waals surface area contributed by atoms with E-state index in [1.807, 2.05) is 0 Å². The van der Waals surface area contributed by atoms with Gasteiger partial charge in [0.2, 0.25) is 0 Å². The van der Waals surface area contributed by atoms with E-state index in [4.69, 9.17) is 6.42 Å². The van der Waals surface area contributed by atoms with Crippen LogP contribution in [0, 0.1) is 40.9 Å². The van der Waals surface area contributed by atoms with Crippen LogP contribution >= 0.6 is 0 Å². The van der Waals surface area contributed by atoms with Crippen LogP contribution in [0.3, 0.4) is 0 Å². The van der Waals surface area contributed by atoms with Gasteiger partial charge >= 0.3 is 0 Å². The molecule has 4 N–H and O–H groups in total. The Morgan fingerprint density at radius 3 is 2.40 bits per heavy atom. The lowest BCUT2D eigenvalue weighted by Gasteiger charge is -2.60. The van der Waals surface area contributed by atoms with Gasteiger partial charge in [0, 0.05) is 5.41 Å². The smallest absolute Gasteiger partial charge is 0.130 e. The van der Waals surface area contributed by atoms with Gasteiger partial charge in [-0.1, -0.05) is 25.8 Å². The van der Waals surface area contributed by atoms with Gasteiger partial charge in [0.15, 0.2) is 0 Å². The second-order valence-corrected chi connectivity index (χ2v) is 9.37. The molecule has 0 aliphatic heterocycles. The van der Waals surface area contributed by atoms with Crippen molar-refractivity contribution in [1.82, 2.24) is 0 Å². The number of fused-ring (bicyclic) bond motifs is 5. The molecule has 3 saturated carbocycles. The van der Waals surface area contributed by atoms with Crippen LogP contribution in [0.2, 0.25) is 0 Å². The maximum absolute atomic E-state index is 11.0. The van der Waals surface area contributed by atoms with Crippen molar-refractivity contribution in [2.24, 2.45) is 28.6 Å². The summed E-state index contributed by atoms with van der Waals surface area (Å²) in [5.74, 6) is 3.14. The van der Waals surface area contributed by atoms with Crippen LogP contribution in [-0.4, -0.2) is 44.3 Å². The zero-order valence-corrected chi connectivity index (χ0v) is 15.2. The topological polar surface area (TPSA) is 80.9 Å². The summed E-state index contributed by atoms with van der Waals surface area (Å²) in [7, 11) is 0. The molecule has 0 aromatic heterocycles. The summed E-state index contributed by atoms with van der Waals surface area (Å²) in [5.41, 5.74) is -0.830. The van der Waals surface area contributed by atoms with Crippen molar-refractivity contribution in [3.8, 4) is 12.3 Å². The Kier molecular flexibility index (Phi) is 3.74. The highest BCUT2D eigenvalue weighted by Crippen LogP contribution is 2.66. The van der Waals surface area contributed by atoms with Crippen molar-refractivity contribution in [2.75, 3.05) is 0 Å². The molecule has 0 aromatic rings. The number of aliphatic hydroxyl groups excluding tert-OH is 3. The first kappa shape index (κ1) is 17.5. The molecule has 0 aromatic carbocycles. The van der Waals surface area contributed by atoms with Crippen LogP contribution in [0.5, 0.6) is 0 Å². The fourth-order valence-corrected chi connectivity index (χ4v) is 6.95. The van der Waals surface area contributed by atoms with E-state index >= 15 is 0 Å². The van der Waals surface area contributed by atoms with Crippen molar-refractivity contribution in [1.29, 1.82) is 0 Å². The van der Waals surface area contributed by atoms with Gasteiger partial charge in [-0.2, -0.15) is 0 Å². The normalized spacial score (nSPS) is 57.7. The van der Waals surface area contributed by atoms with Gasteiger partial charge in [-0.3, -0.25) is 0 Å². The maximum Gasteiger partial charge on any atom is 0.130 e. The minimum atomic E-state index is -1.09. The summed E-state index contributed by atoms with van der Waals surface area (Å²) in [6, 6.07) is 0. The number of rotatable bonds is 0. The zero-order chi connectivity index (χ0) is 18.2. The molecule has 138 valence electrons. The van der Waals surface area contributed by atoms with Gasteiger partial charge in [-0.25, -0.2) is 0 Å². The number of hydrogen-bond donors (Lipinski definition) is 4. The summed E-state index contributed by atoms with van der Waals surface area (Å²) in [5, 5.41) is 42.5. The van der Waals surface area contributed by atoms with E-state index < -0.39 is 23.9 Å². The summed E-state index contributed by atoms with van der Waals surface area (Å²) >= 11 is 0. The van der Waals surface area contributed by atoms with Crippen LogP contribution in [0.15, 0.2) is 11.6 Å². The van der Waals surface area contributed by atoms with E-state index in [1.165, 1.54) is 0 Å². The van der Waals surface area contributed by atoms with E-state index in [0.29, 0.717) is 12.8 Å². The molecule has 0 heterocycles. The molecule has 4 rings (SSSR count). The number of aliphatic hydroxyl groups is 4. The van der Waals surface area contributed by atoms with Crippen LogP contribution in [0.1, 0.15) is 52.4 Å². The third kappa shape index (κ3) is 2.04. The predicted octanol–water partition coefficient (Wildman–Crippen LogP) is 1.62. The molecule has 0 saturated heterocycles. The minimum absolute atomic E-state index is 0.0531. The fraction of sp³-hybridized carbons (Fsp3) is 0.810. The number of hydrogen-bond acceptors (Lipinski definition) is 4. The largest absolute Gasteiger partial charge is 0.390 e. The molecular weight excluding hydrogens is 316 g/mol. The Morgan fingerprint density at radius 1 is 1.04 bits per heavy atom. The molecule has 9 atom stereocenters. The molecule has 4 aliphatic rings. The SMILES string of the molecule is C#C[C@]1(O)CC[C@H]2[C@@H]3[C@H](O)C=C4[C@H](O)[C@@H](O)CC[C@]4(C)[C@H]3CC[C@@]21C. The minimum Gasteiger partial charge on any atom is -0.390 e. The average molecular weight is 346 g/mol. The number of terminal acetylenes is 1. The maximum atomic E-state index is 11.0. The van der Waals surface area contributed by atoms with Gasteiger partial charge in [0.1, 0.15) is 11.7 Å². The first-order valence-electron chi connectivity index (χ1n) is 9.64. The Hall–Kier alpha value is -0.860. The van der Waals surface area contributed by atoms with Crippen LogP contribution < -0.4 is 0 Å². The molecule has 4 nitrogen and oxygen atoms in total. The van der Waals surface area contributed by atoms with E-state index in [1.54, 1.807) is 6.08 Å². The molecule has 3 fully saturated rings. The Labute approximate surface area is 150 Å². The van der Waals surface area contributed by atoms with Crippen LogP contribution in [0.4, 0.5) is 0 Å². The lowest BCUT2D eigenvalue weighted by atomic mass is 9.46. The van der Waals surface area contributed by atoms with E-state index in [-0.39, 0.29) is 28.6 Å². The molecule has 25 heavy (non-hydrogen) atoms. The Morgan fingerprint density at radius 2 is 1.72 bits per heavy atom. The van der Waals surface area contributed by atoms with Gasteiger partial charge in [0.05, 0.1) is 12.2 Å². The summed E-state index contributed by atoms with van der Waals surface area (Å²) < 4.78 is 0. The van der Waals surface area contributed by atoms with Crippen molar-refractivity contribution >= 4 is 0 Å². The van der Waals surface area contributed by atoms with E-state index in [0.717, 1.165) is 31.3 Å². The first-order chi connectivity index (χ1) is 11.7. The standard InChI is InChI=1S/C21H30O4/c1-4-21(25)10-6-13-17-12(5-9-20(13,21)3)19(2)8-7-15(22)18(24)14(19)11-16(17)23/h1,11-13,15-18,22-25H,5-10H2,2-3H3/t12-,13-,15-,16+,17+,18-,19+,20-,21-/m0/s1. The van der Waals surface area contributed by atoms with Crippen molar-refractivity contribution in [2.45, 2.75) is 76.3 Å². The lowest BCUT2D eigenvalue weighted by molar-refractivity contribution is -0.131. The second kappa shape index (κ2) is 5.33. The molecular formula is C21H30O4. The lowest BCUT2D eigenvalue weighted by Crippen LogP contribution is -2.59. The molecule has 0 spiro atoms. The molecule has 0 unspecified atom stereocenters. The van der Waals surface area contributed by atoms with Crippen molar-refractivity contribution < 1.29 is 20.4 Å². The third-order valence-corrected chi connectivity index (χ3v) is 8.59. The summed E-state index contributed by atoms with van der Waals surface area (Å²) in [4.78, 5) is 0. The monoisotopic (exact) mass is 346 g/mol. The van der Waals surface area contributed by atoms with E-state index in [9.17, 15) is 20.4 Å². The third-order valence-electron chi connectivity index (χ3n) is 8.59. The quantitative estimate of drug-likeness (QED) is 0.397. The highest BCUT2D eigenvalue weighted by Gasteiger charge is 2.65. The van der Waals surface area contributed by atoms with Crippen molar-refractivity contribution in [3.05, 3.63) is 11.6 Å². The molecule has 0 amide bonds. The Bertz CT molecular complexity index is 651. The molecule has 4 heteroatoms.